The third-order valence-corrected chi connectivity index (χ3v) is 8.92. The molecule has 3 fully saturated rings. The van der Waals surface area contributed by atoms with E-state index in [0.29, 0.717) is 25.0 Å². The average Bonchev–Trinajstić information content (AvgIpc) is 3.16. The summed E-state index contributed by atoms with van der Waals surface area (Å²) in [5.74, 6) is -0.440. The Kier molecular flexibility index (Phi) is 3.79. The van der Waals surface area contributed by atoms with Crippen LogP contribution in [-0.4, -0.2) is 49.1 Å². The van der Waals surface area contributed by atoms with Crippen LogP contribution < -0.4 is 0 Å². The molecule has 29 heavy (non-hydrogen) atoms. The maximum atomic E-state index is 13.6. The van der Waals surface area contributed by atoms with Crippen molar-refractivity contribution >= 4 is 17.6 Å². The minimum Gasteiger partial charge on any atom is -0.411 e. The lowest BCUT2D eigenvalue weighted by Crippen LogP contribution is -2.61. The van der Waals surface area contributed by atoms with Gasteiger partial charge in [0.15, 0.2) is 5.78 Å². The van der Waals surface area contributed by atoms with Crippen LogP contribution in [0.2, 0.25) is 0 Å². The van der Waals surface area contributed by atoms with E-state index < -0.39 is 23.4 Å². The topological polar surface area (TPSA) is 113 Å². The first kappa shape index (κ1) is 19.0. The van der Waals surface area contributed by atoms with Gasteiger partial charge in [-0.05, 0) is 50.0 Å². The SMILES string of the molecule is C[C@]12Cc3cnn(O)c3C=C1CC[C@@H]1[C@@H]2C(=O)C[C@@]2(C)[C@H]1CC[C@]2(O)C(=O)CO. The van der Waals surface area contributed by atoms with Crippen LogP contribution in [0.15, 0.2) is 11.8 Å². The van der Waals surface area contributed by atoms with Gasteiger partial charge >= 0.3 is 0 Å². The van der Waals surface area contributed by atoms with Crippen LogP contribution >= 0.6 is 0 Å². The number of hydrogen-bond donors (Lipinski definition) is 3. The number of aliphatic hydroxyl groups excluding tert-OH is 1. The van der Waals surface area contributed by atoms with Crippen LogP contribution in [0.1, 0.15) is 57.2 Å². The fourth-order valence-corrected chi connectivity index (χ4v) is 7.46. The Bertz CT molecular complexity index is 951. The van der Waals surface area contributed by atoms with Gasteiger partial charge in [-0.15, -0.1) is 9.94 Å². The third-order valence-electron chi connectivity index (χ3n) is 8.92. The fraction of sp³-hybridized carbons (Fsp3) is 0.682. The molecule has 7 heteroatoms. The summed E-state index contributed by atoms with van der Waals surface area (Å²) in [7, 11) is 0. The predicted molar refractivity (Wildman–Crippen MR) is 103 cm³/mol. The van der Waals surface area contributed by atoms with Crippen LogP contribution in [0, 0.1) is 28.6 Å². The maximum absolute atomic E-state index is 13.6. The van der Waals surface area contributed by atoms with E-state index in [9.17, 15) is 25.0 Å². The van der Waals surface area contributed by atoms with E-state index in [1.54, 1.807) is 6.20 Å². The van der Waals surface area contributed by atoms with E-state index in [1.807, 2.05) is 13.0 Å². The first-order valence-electron chi connectivity index (χ1n) is 10.5. The number of Topliss-reactive ketones (excluding diaryl/α,β-unsaturated/α-hetero) is 2. The van der Waals surface area contributed by atoms with Crippen molar-refractivity contribution in [3.8, 4) is 0 Å². The molecule has 5 rings (SSSR count). The molecule has 0 aliphatic heterocycles. The fourth-order valence-electron chi connectivity index (χ4n) is 7.46. The van der Waals surface area contributed by atoms with E-state index in [2.05, 4.69) is 12.0 Å². The van der Waals surface area contributed by atoms with Crippen molar-refractivity contribution < 1.29 is 25.0 Å². The van der Waals surface area contributed by atoms with Gasteiger partial charge in [-0.25, -0.2) is 0 Å². The lowest BCUT2D eigenvalue weighted by atomic mass is 9.46. The van der Waals surface area contributed by atoms with Crippen molar-refractivity contribution in [3.63, 3.8) is 0 Å². The molecule has 3 N–H and O–H groups in total. The van der Waals surface area contributed by atoms with E-state index in [0.717, 1.165) is 23.3 Å². The Morgan fingerprint density at radius 2 is 2.07 bits per heavy atom. The third kappa shape index (κ3) is 2.18. The number of carbonyl (C=O) groups excluding carboxylic acids is 2. The summed E-state index contributed by atoms with van der Waals surface area (Å²) in [6.45, 7) is 3.32. The standard InChI is InChI=1S/C22H28N2O5/c1-20-8-12-10-23-24(29)16(12)7-13(20)3-4-14-15-5-6-22(28,18(27)11-25)21(15,2)9-17(26)19(14)20/h7,10,14-15,19,25,28-29H,3-6,8-9,11H2,1-2H3/t14-,15-,19+,20-,21-,22-/m0/s1. The zero-order valence-electron chi connectivity index (χ0n) is 16.9. The maximum Gasteiger partial charge on any atom is 0.190 e. The first-order valence-corrected chi connectivity index (χ1v) is 10.5. The van der Waals surface area contributed by atoms with Crippen LogP contribution in [0.4, 0.5) is 0 Å². The Hall–Kier alpha value is -1.99. The Morgan fingerprint density at radius 3 is 2.79 bits per heavy atom. The summed E-state index contributed by atoms with van der Waals surface area (Å²) < 4.78 is 0. The first-order chi connectivity index (χ1) is 13.7. The smallest absolute Gasteiger partial charge is 0.190 e. The van der Waals surface area contributed by atoms with Crippen molar-refractivity contribution in [1.82, 2.24) is 9.94 Å². The number of allylic oxidation sites excluding steroid dienone is 1. The van der Waals surface area contributed by atoms with Gasteiger partial charge in [-0.3, -0.25) is 9.59 Å². The van der Waals surface area contributed by atoms with Crippen molar-refractivity contribution in [2.45, 2.75) is 58.0 Å². The highest BCUT2D eigenvalue weighted by Crippen LogP contribution is 2.66. The van der Waals surface area contributed by atoms with Gasteiger partial charge in [0, 0.05) is 28.7 Å². The number of hydrogen-bond acceptors (Lipinski definition) is 6. The molecule has 0 radical (unpaired) electrons. The normalized spacial score (nSPS) is 43.1. The summed E-state index contributed by atoms with van der Waals surface area (Å²) in [5.41, 5.74) is 0.0460. The molecule has 156 valence electrons. The molecule has 0 amide bonds. The number of aliphatic hydroxyl groups is 2. The second-order valence-corrected chi connectivity index (χ2v) is 10.0. The number of nitrogens with zero attached hydrogens (tertiary/aromatic N) is 2. The highest BCUT2D eigenvalue weighted by molar-refractivity contribution is 5.92. The van der Waals surface area contributed by atoms with Gasteiger partial charge in [-0.1, -0.05) is 19.4 Å². The zero-order chi connectivity index (χ0) is 20.8. The van der Waals surface area contributed by atoms with Gasteiger partial charge in [0.25, 0.3) is 0 Å². The van der Waals surface area contributed by atoms with Crippen molar-refractivity contribution in [2.75, 3.05) is 6.61 Å². The molecule has 0 aromatic carbocycles. The molecule has 7 nitrogen and oxygen atoms in total. The summed E-state index contributed by atoms with van der Waals surface area (Å²) in [5, 5.41) is 34.6. The molecule has 0 spiro atoms. The molecule has 0 saturated heterocycles. The predicted octanol–water partition coefficient (Wildman–Crippen LogP) is 1.77. The molecule has 6 atom stereocenters. The minimum atomic E-state index is -1.62. The van der Waals surface area contributed by atoms with Gasteiger partial charge < -0.3 is 15.4 Å². The summed E-state index contributed by atoms with van der Waals surface area (Å²) in [6, 6.07) is 0. The number of aromatic nitrogens is 2. The summed E-state index contributed by atoms with van der Waals surface area (Å²) in [6.07, 6.45) is 7.14. The number of rotatable bonds is 2. The van der Waals surface area contributed by atoms with E-state index in [4.69, 9.17) is 0 Å². The quantitative estimate of drug-likeness (QED) is 0.652. The number of fused-ring (bicyclic) bond motifs is 6. The Balaban J connectivity index is 1.56. The van der Waals surface area contributed by atoms with E-state index >= 15 is 0 Å². The second-order valence-electron chi connectivity index (χ2n) is 10.0. The summed E-state index contributed by atoms with van der Waals surface area (Å²) >= 11 is 0. The van der Waals surface area contributed by atoms with Crippen molar-refractivity contribution in [3.05, 3.63) is 23.0 Å². The van der Waals surface area contributed by atoms with Crippen LogP contribution in [-0.2, 0) is 16.0 Å². The van der Waals surface area contributed by atoms with Crippen LogP contribution in [0.5, 0.6) is 0 Å². The van der Waals surface area contributed by atoms with Crippen LogP contribution in [0.3, 0.4) is 0 Å². The van der Waals surface area contributed by atoms with E-state index in [-0.39, 0.29) is 35.4 Å². The Labute approximate surface area is 169 Å². The lowest BCUT2D eigenvalue weighted by Gasteiger charge is -2.57. The van der Waals surface area contributed by atoms with Crippen molar-refractivity contribution in [1.29, 1.82) is 0 Å². The molecule has 1 aromatic heterocycles. The molecular formula is C22H28N2O5. The molecule has 0 unspecified atom stereocenters. The van der Waals surface area contributed by atoms with Gasteiger partial charge in [0.05, 0.1) is 6.20 Å². The Morgan fingerprint density at radius 1 is 1.31 bits per heavy atom. The molecule has 1 aromatic rings. The number of ketones is 2. The highest BCUT2D eigenvalue weighted by Gasteiger charge is 2.68. The monoisotopic (exact) mass is 400 g/mol. The van der Waals surface area contributed by atoms with Gasteiger partial charge in [0.1, 0.15) is 23.7 Å². The number of carbonyl (C=O) groups is 2. The minimum absolute atomic E-state index is 0.0750. The molecule has 3 saturated carbocycles. The molecule has 0 bridgehead atoms. The van der Waals surface area contributed by atoms with Crippen molar-refractivity contribution in [2.24, 2.45) is 28.6 Å². The zero-order valence-corrected chi connectivity index (χ0v) is 16.9. The lowest BCUT2D eigenvalue weighted by molar-refractivity contribution is -0.169. The molecular weight excluding hydrogens is 372 g/mol. The van der Waals surface area contributed by atoms with E-state index in [1.165, 1.54) is 5.57 Å². The molecule has 4 aliphatic rings. The largest absolute Gasteiger partial charge is 0.411 e. The van der Waals surface area contributed by atoms with Gasteiger partial charge in [-0.2, -0.15) is 0 Å². The molecule has 1 heterocycles. The van der Waals surface area contributed by atoms with Crippen LogP contribution in [0.25, 0.3) is 6.08 Å². The average molecular weight is 400 g/mol. The highest BCUT2D eigenvalue weighted by atomic mass is 16.5. The molecule has 4 aliphatic carbocycles. The second kappa shape index (κ2) is 5.79. The van der Waals surface area contributed by atoms with Gasteiger partial charge in [0.2, 0.25) is 0 Å². The summed E-state index contributed by atoms with van der Waals surface area (Å²) in [4.78, 5) is 26.9.